The fraction of sp³-hybridized carbons (Fsp3) is 0.312. The van der Waals surface area contributed by atoms with Gasteiger partial charge in [0.1, 0.15) is 17.1 Å². The Labute approximate surface area is 136 Å². The number of hydrogen-bond acceptors (Lipinski definition) is 5. The second-order valence-corrected chi connectivity index (χ2v) is 5.85. The highest BCUT2D eigenvalue weighted by Gasteiger charge is 2.43. The van der Waals surface area contributed by atoms with Gasteiger partial charge in [0.2, 0.25) is 11.8 Å². The second-order valence-electron chi connectivity index (χ2n) is 5.85. The Hall–Kier alpha value is -2.74. The second kappa shape index (κ2) is 6.04. The molecule has 3 rings (SSSR count). The van der Waals surface area contributed by atoms with E-state index in [1.165, 1.54) is 29.2 Å². The monoisotopic (exact) mass is 333 g/mol. The van der Waals surface area contributed by atoms with Crippen LogP contribution in [-0.2, 0) is 16.0 Å². The lowest BCUT2D eigenvalue weighted by atomic mass is 9.94. The third-order valence-electron chi connectivity index (χ3n) is 3.91. The molecule has 0 spiro atoms. The number of nitrogens with zero attached hydrogens (tertiary/aromatic N) is 2. The number of aliphatic hydroxyl groups is 1. The Kier molecular flexibility index (Phi) is 4.06. The molecule has 2 heterocycles. The average Bonchev–Trinajstić information content (AvgIpc) is 2.91. The van der Waals surface area contributed by atoms with Crippen LogP contribution in [-0.4, -0.2) is 52.2 Å². The van der Waals surface area contributed by atoms with Crippen molar-refractivity contribution in [2.24, 2.45) is 0 Å². The van der Waals surface area contributed by atoms with Crippen LogP contribution < -0.4 is 5.32 Å². The normalized spacial score (nSPS) is 15.8. The van der Waals surface area contributed by atoms with Crippen LogP contribution in [0.4, 0.5) is 4.39 Å². The Morgan fingerprint density at radius 3 is 2.96 bits per heavy atom. The third-order valence-corrected chi connectivity index (χ3v) is 3.91. The summed E-state index contributed by atoms with van der Waals surface area (Å²) in [5, 5.41) is 17.0. The molecule has 1 aliphatic rings. The molecule has 0 unspecified atom stereocenters. The number of halogens is 1. The molecule has 0 bridgehead atoms. The number of β-amino-alcohol motifs (C(OH)–C–C–N with tert-alkyl or cyclic N) is 1. The Morgan fingerprint density at radius 2 is 2.25 bits per heavy atom. The van der Waals surface area contributed by atoms with Gasteiger partial charge in [0.25, 0.3) is 0 Å². The van der Waals surface area contributed by atoms with E-state index in [4.69, 9.17) is 4.52 Å². The minimum absolute atomic E-state index is 0.0108. The molecule has 7 nitrogen and oxygen atoms in total. The van der Waals surface area contributed by atoms with Crippen LogP contribution in [0.3, 0.4) is 0 Å². The fourth-order valence-electron chi connectivity index (χ4n) is 2.63. The smallest absolute Gasteiger partial charge is 0.246 e. The standard InChI is InChI=1S/C16H16FN3O4/c1-2-15(22)20-8-16(23,9-20)7-18-14(21)6-12-11-5-10(17)3-4-13(11)24-19-12/h2-5,23H,1,6-9H2,(H,18,21). The molecule has 0 atom stereocenters. The molecular weight excluding hydrogens is 317 g/mol. The van der Waals surface area contributed by atoms with Crippen LogP contribution in [0.15, 0.2) is 35.4 Å². The Balaban J connectivity index is 1.55. The van der Waals surface area contributed by atoms with Gasteiger partial charge in [-0.2, -0.15) is 0 Å². The van der Waals surface area contributed by atoms with Gasteiger partial charge in [-0.1, -0.05) is 11.7 Å². The zero-order valence-corrected chi connectivity index (χ0v) is 12.8. The summed E-state index contributed by atoms with van der Waals surface area (Å²) in [6.45, 7) is 3.65. The van der Waals surface area contributed by atoms with Crippen molar-refractivity contribution in [3.8, 4) is 0 Å². The molecule has 1 fully saturated rings. The lowest BCUT2D eigenvalue weighted by molar-refractivity contribution is -0.150. The first kappa shape index (κ1) is 16.1. The topological polar surface area (TPSA) is 95.7 Å². The summed E-state index contributed by atoms with van der Waals surface area (Å²) in [4.78, 5) is 24.8. The third kappa shape index (κ3) is 3.13. The van der Waals surface area contributed by atoms with Crippen molar-refractivity contribution in [1.29, 1.82) is 0 Å². The van der Waals surface area contributed by atoms with Crippen molar-refractivity contribution in [2.45, 2.75) is 12.0 Å². The van der Waals surface area contributed by atoms with Crippen LogP contribution in [0.2, 0.25) is 0 Å². The van der Waals surface area contributed by atoms with Gasteiger partial charge in [0.15, 0.2) is 5.58 Å². The molecule has 8 heteroatoms. The molecule has 0 aliphatic carbocycles. The summed E-state index contributed by atoms with van der Waals surface area (Å²) in [7, 11) is 0. The van der Waals surface area contributed by atoms with E-state index in [0.717, 1.165) is 0 Å². The van der Waals surface area contributed by atoms with Gasteiger partial charge in [-0.3, -0.25) is 9.59 Å². The lowest BCUT2D eigenvalue weighted by Crippen LogP contribution is -2.67. The maximum atomic E-state index is 13.3. The summed E-state index contributed by atoms with van der Waals surface area (Å²) in [5.41, 5.74) is -0.423. The number of carbonyl (C=O) groups is 2. The zero-order chi connectivity index (χ0) is 17.3. The quantitative estimate of drug-likeness (QED) is 0.772. The molecular formula is C16H16FN3O4. The van der Waals surface area contributed by atoms with Gasteiger partial charge in [-0.05, 0) is 24.3 Å². The van der Waals surface area contributed by atoms with E-state index in [1.54, 1.807) is 0 Å². The van der Waals surface area contributed by atoms with Gasteiger partial charge < -0.3 is 19.8 Å². The highest BCUT2D eigenvalue weighted by molar-refractivity contribution is 5.88. The molecule has 1 aromatic carbocycles. The first-order valence-electron chi connectivity index (χ1n) is 7.34. The van der Waals surface area contributed by atoms with Crippen LogP contribution in [0.25, 0.3) is 11.0 Å². The molecule has 24 heavy (non-hydrogen) atoms. The van der Waals surface area contributed by atoms with E-state index in [0.29, 0.717) is 16.7 Å². The molecule has 0 radical (unpaired) electrons. The summed E-state index contributed by atoms with van der Waals surface area (Å²) < 4.78 is 18.3. The van der Waals surface area contributed by atoms with Crippen LogP contribution in [0.5, 0.6) is 0 Å². The van der Waals surface area contributed by atoms with Crippen LogP contribution >= 0.6 is 0 Å². The number of rotatable bonds is 5. The number of carbonyl (C=O) groups excluding carboxylic acids is 2. The van der Waals surface area contributed by atoms with E-state index in [1.807, 2.05) is 0 Å². The number of hydrogen-bond donors (Lipinski definition) is 2. The Morgan fingerprint density at radius 1 is 1.50 bits per heavy atom. The maximum absolute atomic E-state index is 13.3. The van der Waals surface area contributed by atoms with Crippen molar-refractivity contribution in [1.82, 2.24) is 15.4 Å². The van der Waals surface area contributed by atoms with Gasteiger partial charge in [-0.25, -0.2) is 4.39 Å². The first-order valence-corrected chi connectivity index (χ1v) is 7.34. The predicted octanol–water partition coefficient (Wildman–Crippen LogP) is 0.385. The number of benzene rings is 1. The predicted molar refractivity (Wildman–Crippen MR) is 82.4 cm³/mol. The molecule has 2 amide bonds. The minimum Gasteiger partial charge on any atom is -0.384 e. The largest absolute Gasteiger partial charge is 0.384 e. The van der Waals surface area contributed by atoms with Crippen molar-refractivity contribution in [3.63, 3.8) is 0 Å². The summed E-state index contributed by atoms with van der Waals surface area (Å²) >= 11 is 0. The van der Waals surface area contributed by atoms with Crippen LogP contribution in [0.1, 0.15) is 5.69 Å². The van der Waals surface area contributed by atoms with E-state index in [9.17, 15) is 19.1 Å². The minimum atomic E-state index is -1.15. The van der Waals surface area contributed by atoms with E-state index >= 15 is 0 Å². The number of fused-ring (bicyclic) bond motifs is 1. The molecule has 1 aliphatic heterocycles. The van der Waals surface area contributed by atoms with Gasteiger partial charge >= 0.3 is 0 Å². The molecule has 126 valence electrons. The lowest BCUT2D eigenvalue weighted by Gasteiger charge is -2.46. The van der Waals surface area contributed by atoms with Crippen molar-refractivity contribution in [3.05, 3.63) is 42.4 Å². The SMILES string of the molecule is C=CC(=O)N1CC(O)(CNC(=O)Cc2noc3ccc(F)cc23)C1. The molecule has 2 aromatic rings. The highest BCUT2D eigenvalue weighted by Crippen LogP contribution is 2.21. The number of amides is 2. The van der Waals surface area contributed by atoms with Gasteiger partial charge in [-0.15, -0.1) is 0 Å². The maximum Gasteiger partial charge on any atom is 0.246 e. The summed E-state index contributed by atoms with van der Waals surface area (Å²) in [6.07, 6.45) is 1.08. The van der Waals surface area contributed by atoms with Crippen LogP contribution in [0, 0.1) is 5.82 Å². The van der Waals surface area contributed by atoms with Gasteiger partial charge in [0.05, 0.1) is 19.5 Å². The highest BCUT2D eigenvalue weighted by atomic mass is 19.1. The van der Waals surface area contributed by atoms with E-state index in [-0.39, 0.29) is 37.9 Å². The van der Waals surface area contributed by atoms with Crippen molar-refractivity contribution < 1.29 is 23.6 Å². The molecule has 1 aromatic heterocycles. The zero-order valence-electron chi connectivity index (χ0n) is 12.8. The molecule has 2 N–H and O–H groups in total. The van der Waals surface area contributed by atoms with E-state index < -0.39 is 11.4 Å². The summed E-state index contributed by atoms with van der Waals surface area (Å²) in [6, 6.07) is 3.95. The van der Waals surface area contributed by atoms with Crippen molar-refractivity contribution >= 4 is 22.8 Å². The molecule has 0 saturated carbocycles. The average molecular weight is 333 g/mol. The van der Waals surface area contributed by atoms with Gasteiger partial charge in [0, 0.05) is 11.9 Å². The number of nitrogens with one attached hydrogen (secondary N) is 1. The first-order chi connectivity index (χ1) is 11.4. The Bertz CT molecular complexity index is 811. The van der Waals surface area contributed by atoms with E-state index in [2.05, 4.69) is 17.1 Å². The number of aromatic nitrogens is 1. The number of likely N-dealkylation sites (tertiary alicyclic amines) is 1. The fourth-order valence-corrected chi connectivity index (χ4v) is 2.63. The van der Waals surface area contributed by atoms with Crippen molar-refractivity contribution in [2.75, 3.05) is 19.6 Å². The summed E-state index contributed by atoms with van der Waals surface area (Å²) in [5.74, 6) is -1.08. The molecule has 1 saturated heterocycles.